The number of hydrogen-bond acceptors (Lipinski definition) is 2. The molecule has 0 radical (unpaired) electrons. The first-order valence-electron chi connectivity index (χ1n) is 5.23. The average Bonchev–Trinajstić information content (AvgIpc) is 2.22. The highest BCUT2D eigenvalue weighted by molar-refractivity contribution is 9.10. The highest BCUT2D eigenvalue weighted by atomic mass is 79.9. The summed E-state index contributed by atoms with van der Waals surface area (Å²) < 4.78 is 24.1. The van der Waals surface area contributed by atoms with Gasteiger partial charge in [0.2, 0.25) is 0 Å². The minimum Gasteiger partial charge on any atom is -0.376 e. The van der Waals surface area contributed by atoms with Gasteiger partial charge in [0.15, 0.2) is 0 Å². The van der Waals surface area contributed by atoms with Gasteiger partial charge in [-0.2, -0.15) is 0 Å². The second-order valence-corrected chi connectivity index (χ2v) is 4.57. The molecule has 1 rings (SSSR count). The fourth-order valence-electron chi connectivity index (χ4n) is 1.16. The summed E-state index contributed by atoms with van der Waals surface area (Å²) in [6.45, 7) is 5.57. The van der Waals surface area contributed by atoms with E-state index < -0.39 is 0 Å². The third kappa shape index (κ3) is 5.05. The second-order valence-electron chi connectivity index (χ2n) is 3.72. The van der Waals surface area contributed by atoms with E-state index in [9.17, 15) is 4.39 Å². The summed E-state index contributed by atoms with van der Waals surface area (Å²) in [6, 6.07) is 4.86. The van der Waals surface area contributed by atoms with Gasteiger partial charge >= 0.3 is 0 Å². The monoisotopic (exact) mass is 290 g/mol. The summed E-state index contributed by atoms with van der Waals surface area (Å²) in [5.41, 5.74) is 0.942. The van der Waals surface area contributed by atoms with E-state index in [2.05, 4.69) is 15.9 Å². The van der Waals surface area contributed by atoms with Crippen molar-refractivity contribution in [2.45, 2.75) is 26.6 Å². The summed E-state index contributed by atoms with van der Waals surface area (Å²) in [5.74, 6) is -0.258. The predicted octanol–water partition coefficient (Wildman–Crippen LogP) is 3.53. The van der Waals surface area contributed by atoms with Crippen molar-refractivity contribution in [2.75, 3.05) is 13.2 Å². The lowest BCUT2D eigenvalue weighted by molar-refractivity contribution is 0.0143. The van der Waals surface area contributed by atoms with Crippen LogP contribution in [0.2, 0.25) is 0 Å². The molecule has 0 saturated heterocycles. The van der Waals surface area contributed by atoms with Crippen LogP contribution in [0.4, 0.5) is 4.39 Å². The van der Waals surface area contributed by atoms with Crippen LogP contribution in [0.25, 0.3) is 0 Å². The molecule has 0 aliphatic carbocycles. The van der Waals surface area contributed by atoms with Gasteiger partial charge in [0.1, 0.15) is 5.82 Å². The lowest BCUT2D eigenvalue weighted by atomic mass is 10.2. The van der Waals surface area contributed by atoms with Crippen molar-refractivity contribution in [1.82, 2.24) is 0 Å². The molecule has 0 amide bonds. The van der Waals surface area contributed by atoms with Gasteiger partial charge in [0, 0.05) is 0 Å². The third-order valence-corrected chi connectivity index (χ3v) is 2.54. The fraction of sp³-hybridized carbons (Fsp3) is 0.500. The van der Waals surface area contributed by atoms with E-state index in [1.807, 2.05) is 13.8 Å². The zero-order valence-electron chi connectivity index (χ0n) is 9.50. The molecular formula is C12H16BrFO2. The van der Waals surface area contributed by atoms with Crippen LogP contribution in [0.15, 0.2) is 22.7 Å². The minimum atomic E-state index is -0.258. The zero-order chi connectivity index (χ0) is 12.0. The standard InChI is InChI=1S/C12H16BrFO2/c1-9(2)16-6-5-15-8-10-3-4-12(14)11(13)7-10/h3-4,7,9H,5-6,8H2,1-2H3. The van der Waals surface area contributed by atoms with E-state index in [0.717, 1.165) is 5.56 Å². The van der Waals surface area contributed by atoms with Crippen LogP contribution in [-0.4, -0.2) is 19.3 Å². The lowest BCUT2D eigenvalue weighted by Gasteiger charge is -2.08. The van der Waals surface area contributed by atoms with Crippen LogP contribution in [0.1, 0.15) is 19.4 Å². The van der Waals surface area contributed by atoms with Gasteiger partial charge in [-0.25, -0.2) is 4.39 Å². The van der Waals surface area contributed by atoms with Crippen molar-refractivity contribution in [3.05, 3.63) is 34.1 Å². The Bertz CT molecular complexity index is 329. The molecule has 0 N–H and O–H groups in total. The van der Waals surface area contributed by atoms with Crippen molar-refractivity contribution in [2.24, 2.45) is 0 Å². The SMILES string of the molecule is CC(C)OCCOCc1ccc(F)c(Br)c1. The van der Waals surface area contributed by atoms with Gasteiger partial charge in [0.25, 0.3) is 0 Å². The molecule has 1 aromatic carbocycles. The van der Waals surface area contributed by atoms with E-state index in [1.165, 1.54) is 6.07 Å². The Morgan fingerprint density at radius 1 is 1.31 bits per heavy atom. The van der Waals surface area contributed by atoms with E-state index >= 15 is 0 Å². The van der Waals surface area contributed by atoms with Crippen molar-refractivity contribution in [3.63, 3.8) is 0 Å². The van der Waals surface area contributed by atoms with Crippen LogP contribution in [0.3, 0.4) is 0 Å². The molecule has 2 nitrogen and oxygen atoms in total. The second kappa shape index (κ2) is 6.99. The lowest BCUT2D eigenvalue weighted by Crippen LogP contribution is -2.09. The molecule has 0 aliphatic heterocycles. The molecule has 0 aliphatic rings. The summed E-state index contributed by atoms with van der Waals surface area (Å²) in [7, 11) is 0. The molecule has 1 aromatic rings. The van der Waals surface area contributed by atoms with Gasteiger partial charge in [-0.1, -0.05) is 6.07 Å². The molecule has 90 valence electrons. The van der Waals surface area contributed by atoms with Crippen molar-refractivity contribution in [3.8, 4) is 0 Å². The Balaban J connectivity index is 2.24. The summed E-state index contributed by atoms with van der Waals surface area (Å²) in [5, 5.41) is 0. The molecule has 16 heavy (non-hydrogen) atoms. The Labute approximate surface area is 104 Å². The number of halogens is 2. The molecule has 0 heterocycles. The largest absolute Gasteiger partial charge is 0.376 e. The van der Waals surface area contributed by atoms with Gasteiger partial charge in [-0.3, -0.25) is 0 Å². The number of ether oxygens (including phenoxy) is 2. The molecule has 0 bridgehead atoms. The van der Waals surface area contributed by atoms with Crippen LogP contribution in [0.5, 0.6) is 0 Å². The molecule has 4 heteroatoms. The van der Waals surface area contributed by atoms with E-state index in [4.69, 9.17) is 9.47 Å². The van der Waals surface area contributed by atoms with Gasteiger partial charge in [0.05, 0.1) is 30.4 Å². The number of hydrogen-bond donors (Lipinski definition) is 0. The van der Waals surface area contributed by atoms with Crippen LogP contribution < -0.4 is 0 Å². The third-order valence-electron chi connectivity index (χ3n) is 1.93. The molecule has 0 fully saturated rings. The Morgan fingerprint density at radius 2 is 2.06 bits per heavy atom. The van der Waals surface area contributed by atoms with Gasteiger partial charge < -0.3 is 9.47 Å². The highest BCUT2D eigenvalue weighted by Crippen LogP contribution is 2.17. The summed E-state index contributed by atoms with van der Waals surface area (Å²) in [4.78, 5) is 0. The number of rotatable bonds is 6. The first-order chi connectivity index (χ1) is 7.59. The Hall–Kier alpha value is -0.450. The first kappa shape index (κ1) is 13.6. The predicted molar refractivity (Wildman–Crippen MR) is 64.8 cm³/mol. The maximum absolute atomic E-state index is 12.9. The first-order valence-corrected chi connectivity index (χ1v) is 6.02. The topological polar surface area (TPSA) is 18.5 Å². The average molecular weight is 291 g/mol. The summed E-state index contributed by atoms with van der Waals surface area (Å²) >= 11 is 3.13. The van der Waals surface area contributed by atoms with Crippen molar-refractivity contribution >= 4 is 15.9 Å². The van der Waals surface area contributed by atoms with Crippen LogP contribution >= 0.6 is 15.9 Å². The number of benzene rings is 1. The van der Waals surface area contributed by atoms with E-state index in [0.29, 0.717) is 24.3 Å². The smallest absolute Gasteiger partial charge is 0.137 e. The molecule has 0 saturated carbocycles. The van der Waals surface area contributed by atoms with Crippen molar-refractivity contribution < 1.29 is 13.9 Å². The summed E-state index contributed by atoms with van der Waals surface area (Å²) in [6.07, 6.45) is 0.226. The van der Waals surface area contributed by atoms with Crippen molar-refractivity contribution in [1.29, 1.82) is 0 Å². The Kier molecular flexibility index (Phi) is 5.95. The molecule has 0 unspecified atom stereocenters. The zero-order valence-corrected chi connectivity index (χ0v) is 11.1. The molecule has 0 atom stereocenters. The molecule has 0 aromatic heterocycles. The van der Waals surface area contributed by atoms with Gasteiger partial charge in [-0.15, -0.1) is 0 Å². The maximum atomic E-state index is 12.9. The Morgan fingerprint density at radius 3 is 2.69 bits per heavy atom. The van der Waals surface area contributed by atoms with E-state index in [-0.39, 0.29) is 11.9 Å². The quantitative estimate of drug-likeness (QED) is 0.746. The van der Waals surface area contributed by atoms with Crippen LogP contribution in [0, 0.1) is 5.82 Å². The van der Waals surface area contributed by atoms with Crippen LogP contribution in [-0.2, 0) is 16.1 Å². The molecule has 0 spiro atoms. The minimum absolute atomic E-state index is 0.226. The normalized spacial score (nSPS) is 11.1. The van der Waals surface area contributed by atoms with E-state index in [1.54, 1.807) is 12.1 Å². The molecular weight excluding hydrogens is 275 g/mol. The fourth-order valence-corrected chi connectivity index (χ4v) is 1.59. The maximum Gasteiger partial charge on any atom is 0.137 e. The van der Waals surface area contributed by atoms with Gasteiger partial charge in [-0.05, 0) is 47.5 Å². The highest BCUT2D eigenvalue weighted by Gasteiger charge is 2.00.